The van der Waals surface area contributed by atoms with E-state index in [0.717, 1.165) is 11.3 Å². The molecule has 4 heteroatoms. The minimum atomic E-state index is -0.382. The molecule has 0 unspecified atom stereocenters. The quantitative estimate of drug-likeness (QED) is 0.803. The van der Waals surface area contributed by atoms with E-state index in [0.29, 0.717) is 12.3 Å². The second-order valence-corrected chi connectivity index (χ2v) is 5.58. The van der Waals surface area contributed by atoms with Gasteiger partial charge in [0.25, 0.3) is 0 Å². The van der Waals surface area contributed by atoms with Crippen LogP contribution in [0.15, 0.2) is 36.4 Å². The summed E-state index contributed by atoms with van der Waals surface area (Å²) >= 11 is 0. The molecular formula is C16H20N2O2. The van der Waals surface area contributed by atoms with Gasteiger partial charge in [0, 0.05) is 0 Å². The van der Waals surface area contributed by atoms with Gasteiger partial charge in [0.2, 0.25) is 0 Å². The summed E-state index contributed by atoms with van der Waals surface area (Å²) in [7, 11) is 0. The van der Waals surface area contributed by atoms with Crippen LogP contribution in [0, 0.1) is 0 Å². The van der Waals surface area contributed by atoms with Crippen molar-refractivity contribution in [2.45, 2.75) is 33.2 Å². The van der Waals surface area contributed by atoms with Gasteiger partial charge in [0.05, 0.1) is 17.8 Å². The highest BCUT2D eigenvalue weighted by Gasteiger charge is 2.23. The fraction of sp³-hybridized carbons (Fsp3) is 0.375. The van der Waals surface area contributed by atoms with Gasteiger partial charge in [-0.25, -0.2) is 4.79 Å². The summed E-state index contributed by atoms with van der Waals surface area (Å²) in [5.74, 6) is -0.382. The van der Waals surface area contributed by atoms with Gasteiger partial charge < -0.3 is 4.74 Å². The Hall–Kier alpha value is -2.10. The van der Waals surface area contributed by atoms with Gasteiger partial charge in [-0.05, 0) is 39.3 Å². The first kappa shape index (κ1) is 14.3. The molecule has 0 aliphatic rings. The first-order chi connectivity index (χ1) is 9.43. The molecule has 0 saturated carbocycles. The molecule has 0 N–H and O–H groups in total. The smallest absolute Gasteiger partial charge is 0.358 e. The Kier molecular flexibility index (Phi) is 3.93. The van der Waals surface area contributed by atoms with Crippen LogP contribution in [0.25, 0.3) is 11.3 Å². The average Bonchev–Trinajstić information content (AvgIpc) is 2.85. The van der Waals surface area contributed by atoms with Crippen molar-refractivity contribution in [2.24, 2.45) is 0 Å². The van der Waals surface area contributed by atoms with Gasteiger partial charge >= 0.3 is 5.97 Å². The van der Waals surface area contributed by atoms with E-state index in [1.807, 2.05) is 35.0 Å². The minimum absolute atomic E-state index is 0.212. The lowest BCUT2D eigenvalue weighted by Gasteiger charge is -2.22. The normalized spacial score (nSPS) is 11.4. The Bertz CT molecular complexity index is 595. The van der Waals surface area contributed by atoms with Gasteiger partial charge in [-0.1, -0.05) is 30.3 Å². The maximum absolute atomic E-state index is 11.9. The lowest BCUT2D eigenvalue weighted by Crippen LogP contribution is -2.24. The predicted molar refractivity (Wildman–Crippen MR) is 78.6 cm³/mol. The number of esters is 1. The minimum Gasteiger partial charge on any atom is -0.461 e. The van der Waals surface area contributed by atoms with Crippen LogP contribution in [0.2, 0.25) is 0 Å². The zero-order chi connectivity index (χ0) is 14.8. The second kappa shape index (κ2) is 5.49. The number of carbonyl (C=O) groups excluding carboxylic acids is 1. The third-order valence-electron chi connectivity index (χ3n) is 2.90. The van der Waals surface area contributed by atoms with Crippen molar-refractivity contribution in [2.75, 3.05) is 6.61 Å². The van der Waals surface area contributed by atoms with Crippen LogP contribution in [-0.4, -0.2) is 22.4 Å². The number of benzene rings is 1. The lowest BCUT2D eigenvalue weighted by atomic mass is 10.1. The number of hydrogen-bond donors (Lipinski definition) is 0. The fourth-order valence-electron chi connectivity index (χ4n) is 2.01. The Morgan fingerprint density at radius 2 is 1.90 bits per heavy atom. The molecule has 0 atom stereocenters. The molecule has 0 bridgehead atoms. The van der Waals surface area contributed by atoms with Crippen LogP contribution >= 0.6 is 0 Å². The summed E-state index contributed by atoms with van der Waals surface area (Å²) in [6, 6.07) is 11.7. The molecule has 0 amide bonds. The Labute approximate surface area is 119 Å². The third kappa shape index (κ3) is 2.90. The van der Waals surface area contributed by atoms with E-state index in [-0.39, 0.29) is 11.5 Å². The van der Waals surface area contributed by atoms with E-state index in [1.165, 1.54) is 0 Å². The Balaban J connectivity index is 2.52. The molecule has 20 heavy (non-hydrogen) atoms. The summed E-state index contributed by atoms with van der Waals surface area (Å²) in [6.45, 7) is 8.31. The zero-order valence-corrected chi connectivity index (χ0v) is 12.4. The molecule has 2 aromatic rings. The largest absolute Gasteiger partial charge is 0.461 e. The Morgan fingerprint density at radius 3 is 2.45 bits per heavy atom. The molecule has 0 aliphatic carbocycles. The first-order valence-corrected chi connectivity index (χ1v) is 6.76. The van der Waals surface area contributed by atoms with E-state index in [9.17, 15) is 4.79 Å². The molecule has 106 valence electrons. The van der Waals surface area contributed by atoms with E-state index < -0.39 is 0 Å². The van der Waals surface area contributed by atoms with Crippen molar-refractivity contribution < 1.29 is 9.53 Å². The van der Waals surface area contributed by atoms with Crippen LogP contribution < -0.4 is 0 Å². The van der Waals surface area contributed by atoms with Crippen molar-refractivity contribution in [3.63, 3.8) is 0 Å². The third-order valence-corrected chi connectivity index (χ3v) is 2.90. The van der Waals surface area contributed by atoms with Crippen LogP contribution in [0.4, 0.5) is 0 Å². The van der Waals surface area contributed by atoms with E-state index >= 15 is 0 Å². The van der Waals surface area contributed by atoms with Crippen LogP contribution in [0.1, 0.15) is 38.2 Å². The second-order valence-electron chi connectivity index (χ2n) is 5.58. The fourth-order valence-corrected chi connectivity index (χ4v) is 2.01. The summed E-state index contributed by atoms with van der Waals surface area (Å²) in [6.07, 6.45) is 0. The SMILES string of the molecule is CCOC(=O)c1cc(-c2ccccc2)n(C(C)(C)C)n1. The molecule has 1 aromatic carbocycles. The number of hydrogen-bond acceptors (Lipinski definition) is 3. The summed E-state index contributed by atoms with van der Waals surface area (Å²) in [5, 5.41) is 4.42. The van der Waals surface area contributed by atoms with Crippen LogP contribution in [0.5, 0.6) is 0 Å². The number of rotatable bonds is 3. The van der Waals surface area contributed by atoms with E-state index in [4.69, 9.17) is 4.74 Å². The molecule has 2 rings (SSSR count). The zero-order valence-electron chi connectivity index (χ0n) is 12.4. The van der Waals surface area contributed by atoms with Crippen molar-refractivity contribution in [3.05, 3.63) is 42.1 Å². The lowest BCUT2D eigenvalue weighted by molar-refractivity contribution is 0.0517. The van der Waals surface area contributed by atoms with Gasteiger partial charge in [-0.3, -0.25) is 4.68 Å². The van der Waals surface area contributed by atoms with Crippen LogP contribution in [0.3, 0.4) is 0 Å². The number of ether oxygens (including phenoxy) is 1. The molecule has 4 nitrogen and oxygen atoms in total. The molecule has 1 aromatic heterocycles. The molecule has 0 radical (unpaired) electrons. The van der Waals surface area contributed by atoms with Crippen LogP contribution in [-0.2, 0) is 10.3 Å². The van der Waals surface area contributed by atoms with E-state index in [1.54, 1.807) is 13.0 Å². The van der Waals surface area contributed by atoms with Crippen molar-refractivity contribution >= 4 is 5.97 Å². The number of carbonyl (C=O) groups is 1. The van der Waals surface area contributed by atoms with Gasteiger partial charge in [-0.2, -0.15) is 5.10 Å². The van der Waals surface area contributed by atoms with Gasteiger partial charge in [0.15, 0.2) is 5.69 Å². The number of nitrogens with zero attached hydrogens (tertiary/aromatic N) is 2. The first-order valence-electron chi connectivity index (χ1n) is 6.76. The summed E-state index contributed by atoms with van der Waals surface area (Å²) in [4.78, 5) is 11.9. The van der Waals surface area contributed by atoms with Crippen molar-refractivity contribution in [1.29, 1.82) is 0 Å². The molecule has 0 spiro atoms. The Morgan fingerprint density at radius 1 is 1.25 bits per heavy atom. The van der Waals surface area contributed by atoms with Crippen molar-refractivity contribution in [3.8, 4) is 11.3 Å². The standard InChI is InChI=1S/C16H20N2O2/c1-5-20-15(19)13-11-14(12-9-7-6-8-10-12)18(17-13)16(2,3)4/h6-11H,5H2,1-4H3. The summed E-state index contributed by atoms with van der Waals surface area (Å²) < 4.78 is 6.90. The maximum Gasteiger partial charge on any atom is 0.358 e. The predicted octanol–water partition coefficient (Wildman–Crippen LogP) is 3.48. The monoisotopic (exact) mass is 272 g/mol. The summed E-state index contributed by atoms with van der Waals surface area (Å²) in [5.41, 5.74) is 2.09. The molecule has 0 aliphatic heterocycles. The molecular weight excluding hydrogens is 252 g/mol. The van der Waals surface area contributed by atoms with Crippen molar-refractivity contribution in [1.82, 2.24) is 9.78 Å². The topological polar surface area (TPSA) is 44.1 Å². The van der Waals surface area contributed by atoms with E-state index in [2.05, 4.69) is 25.9 Å². The molecule has 1 heterocycles. The number of aromatic nitrogens is 2. The highest BCUT2D eigenvalue weighted by atomic mass is 16.5. The maximum atomic E-state index is 11.9. The highest BCUT2D eigenvalue weighted by molar-refractivity contribution is 5.88. The highest BCUT2D eigenvalue weighted by Crippen LogP contribution is 2.26. The molecule has 0 saturated heterocycles. The molecule has 0 fully saturated rings. The average molecular weight is 272 g/mol. The van der Waals surface area contributed by atoms with Gasteiger partial charge in [0.1, 0.15) is 0 Å². The van der Waals surface area contributed by atoms with Gasteiger partial charge in [-0.15, -0.1) is 0 Å².